The SMILES string of the molecule is COc1ccc(C(=O)N2CCN(c3nc4ccccc4cc3C#N)CC2)cc1. The number of piperazine rings is 1. The van der Waals surface area contributed by atoms with Gasteiger partial charge in [0.05, 0.1) is 18.2 Å². The number of benzene rings is 2. The van der Waals surface area contributed by atoms with Crippen molar-refractivity contribution >= 4 is 22.6 Å². The summed E-state index contributed by atoms with van der Waals surface area (Å²) in [5.74, 6) is 1.43. The molecular weight excluding hydrogens is 352 g/mol. The number of amides is 1. The van der Waals surface area contributed by atoms with Gasteiger partial charge in [0.2, 0.25) is 0 Å². The summed E-state index contributed by atoms with van der Waals surface area (Å²) in [6.07, 6.45) is 0. The third-order valence-electron chi connectivity index (χ3n) is 5.03. The Morgan fingerprint density at radius 1 is 1.07 bits per heavy atom. The Balaban J connectivity index is 1.50. The Kier molecular flexibility index (Phi) is 4.81. The number of rotatable bonds is 3. The van der Waals surface area contributed by atoms with Gasteiger partial charge in [0, 0.05) is 37.1 Å². The highest BCUT2D eigenvalue weighted by atomic mass is 16.5. The lowest BCUT2D eigenvalue weighted by atomic mass is 10.1. The van der Waals surface area contributed by atoms with Crippen molar-refractivity contribution < 1.29 is 9.53 Å². The first-order valence-corrected chi connectivity index (χ1v) is 9.18. The molecule has 2 heterocycles. The molecule has 0 bridgehead atoms. The molecule has 4 rings (SSSR count). The number of hydrogen-bond acceptors (Lipinski definition) is 5. The van der Waals surface area contributed by atoms with Crippen molar-refractivity contribution in [2.75, 3.05) is 38.2 Å². The van der Waals surface area contributed by atoms with Crippen molar-refractivity contribution in [3.63, 3.8) is 0 Å². The maximum absolute atomic E-state index is 12.7. The van der Waals surface area contributed by atoms with Gasteiger partial charge in [-0.2, -0.15) is 5.26 Å². The van der Waals surface area contributed by atoms with E-state index in [4.69, 9.17) is 9.72 Å². The van der Waals surface area contributed by atoms with E-state index in [-0.39, 0.29) is 5.91 Å². The zero-order chi connectivity index (χ0) is 19.5. The average molecular weight is 372 g/mol. The minimum Gasteiger partial charge on any atom is -0.497 e. The van der Waals surface area contributed by atoms with Crippen LogP contribution < -0.4 is 9.64 Å². The second-order valence-electron chi connectivity index (χ2n) is 6.67. The topological polar surface area (TPSA) is 69.5 Å². The monoisotopic (exact) mass is 372 g/mol. The molecule has 1 aliphatic rings. The highest BCUT2D eigenvalue weighted by Crippen LogP contribution is 2.24. The van der Waals surface area contributed by atoms with Crippen LogP contribution in [0, 0.1) is 11.3 Å². The highest BCUT2D eigenvalue weighted by molar-refractivity contribution is 5.94. The molecular formula is C22H20N4O2. The van der Waals surface area contributed by atoms with Crippen molar-refractivity contribution in [2.24, 2.45) is 0 Å². The van der Waals surface area contributed by atoms with E-state index in [0.29, 0.717) is 43.1 Å². The Bertz CT molecular complexity index is 1050. The fraction of sp³-hybridized carbons (Fsp3) is 0.227. The van der Waals surface area contributed by atoms with Crippen LogP contribution in [0.1, 0.15) is 15.9 Å². The first kappa shape index (κ1) is 17.8. The fourth-order valence-corrected chi connectivity index (χ4v) is 3.47. The predicted octanol–water partition coefficient (Wildman–Crippen LogP) is 3.08. The van der Waals surface area contributed by atoms with Gasteiger partial charge in [0.15, 0.2) is 0 Å². The summed E-state index contributed by atoms with van der Waals surface area (Å²) >= 11 is 0. The first-order valence-electron chi connectivity index (χ1n) is 9.18. The van der Waals surface area contributed by atoms with Crippen molar-refractivity contribution in [3.05, 3.63) is 65.7 Å². The summed E-state index contributed by atoms with van der Waals surface area (Å²) in [6, 6.07) is 19.1. The zero-order valence-corrected chi connectivity index (χ0v) is 15.6. The number of ether oxygens (including phenoxy) is 1. The van der Waals surface area contributed by atoms with Crippen LogP contribution >= 0.6 is 0 Å². The smallest absolute Gasteiger partial charge is 0.253 e. The largest absolute Gasteiger partial charge is 0.497 e. The number of carbonyl (C=O) groups excluding carboxylic acids is 1. The second kappa shape index (κ2) is 7.57. The summed E-state index contributed by atoms with van der Waals surface area (Å²) in [6.45, 7) is 2.46. The molecule has 0 radical (unpaired) electrons. The van der Waals surface area contributed by atoms with Crippen molar-refractivity contribution in [3.8, 4) is 11.8 Å². The summed E-state index contributed by atoms with van der Waals surface area (Å²) in [5, 5.41) is 10.5. The summed E-state index contributed by atoms with van der Waals surface area (Å²) in [4.78, 5) is 21.4. The van der Waals surface area contributed by atoms with Gasteiger partial charge in [0.25, 0.3) is 5.91 Å². The van der Waals surface area contributed by atoms with Crippen molar-refractivity contribution in [1.29, 1.82) is 5.26 Å². The van der Waals surface area contributed by atoms with Crippen LogP contribution in [0.15, 0.2) is 54.6 Å². The van der Waals surface area contributed by atoms with E-state index in [2.05, 4.69) is 11.0 Å². The van der Waals surface area contributed by atoms with Gasteiger partial charge in [-0.25, -0.2) is 4.98 Å². The lowest BCUT2D eigenvalue weighted by molar-refractivity contribution is 0.0746. The number of para-hydroxylation sites is 1. The van der Waals surface area contributed by atoms with Gasteiger partial charge in [-0.1, -0.05) is 18.2 Å². The van der Waals surface area contributed by atoms with E-state index in [1.807, 2.05) is 35.2 Å². The second-order valence-corrected chi connectivity index (χ2v) is 6.67. The third-order valence-corrected chi connectivity index (χ3v) is 5.03. The van der Waals surface area contributed by atoms with Crippen LogP contribution in [0.2, 0.25) is 0 Å². The van der Waals surface area contributed by atoms with E-state index in [1.54, 1.807) is 31.4 Å². The number of aromatic nitrogens is 1. The van der Waals surface area contributed by atoms with E-state index in [0.717, 1.165) is 16.7 Å². The molecule has 0 N–H and O–H groups in total. The average Bonchev–Trinajstić information content (AvgIpc) is 2.78. The molecule has 3 aromatic rings. The number of methoxy groups -OCH3 is 1. The normalized spacial score (nSPS) is 14.0. The van der Waals surface area contributed by atoms with Crippen LogP contribution in [-0.4, -0.2) is 49.1 Å². The van der Waals surface area contributed by atoms with E-state index < -0.39 is 0 Å². The van der Waals surface area contributed by atoms with Gasteiger partial charge in [-0.3, -0.25) is 4.79 Å². The molecule has 0 unspecified atom stereocenters. The van der Waals surface area contributed by atoms with Crippen molar-refractivity contribution in [2.45, 2.75) is 0 Å². The quantitative estimate of drug-likeness (QED) is 0.707. The maximum Gasteiger partial charge on any atom is 0.253 e. The standard InChI is InChI=1S/C22H20N4O2/c1-28-19-8-6-16(7-9-19)22(27)26-12-10-25(11-13-26)21-18(15-23)14-17-4-2-3-5-20(17)24-21/h2-9,14H,10-13H2,1H3. The van der Waals surface area contributed by atoms with Crippen LogP contribution in [-0.2, 0) is 0 Å². The zero-order valence-electron chi connectivity index (χ0n) is 15.6. The van der Waals surface area contributed by atoms with E-state index in [1.165, 1.54) is 0 Å². The Hall–Kier alpha value is -3.59. The molecule has 0 atom stereocenters. The van der Waals surface area contributed by atoms with Crippen LogP contribution in [0.5, 0.6) is 5.75 Å². The van der Waals surface area contributed by atoms with Crippen LogP contribution in [0.3, 0.4) is 0 Å². The molecule has 2 aromatic carbocycles. The van der Waals surface area contributed by atoms with E-state index in [9.17, 15) is 10.1 Å². The molecule has 28 heavy (non-hydrogen) atoms. The van der Waals surface area contributed by atoms with Gasteiger partial charge in [0.1, 0.15) is 17.6 Å². The molecule has 1 amide bonds. The van der Waals surface area contributed by atoms with Gasteiger partial charge in [-0.05, 0) is 36.4 Å². The summed E-state index contributed by atoms with van der Waals surface area (Å²) < 4.78 is 5.14. The number of hydrogen-bond donors (Lipinski definition) is 0. The first-order chi connectivity index (χ1) is 13.7. The molecule has 1 saturated heterocycles. The highest BCUT2D eigenvalue weighted by Gasteiger charge is 2.24. The lowest BCUT2D eigenvalue weighted by Crippen LogP contribution is -2.49. The summed E-state index contributed by atoms with van der Waals surface area (Å²) in [7, 11) is 1.60. The number of pyridine rings is 1. The fourth-order valence-electron chi connectivity index (χ4n) is 3.47. The number of nitrogens with zero attached hydrogens (tertiary/aromatic N) is 4. The molecule has 140 valence electrons. The van der Waals surface area contributed by atoms with E-state index >= 15 is 0 Å². The molecule has 6 heteroatoms. The lowest BCUT2D eigenvalue weighted by Gasteiger charge is -2.35. The molecule has 1 fully saturated rings. The van der Waals surface area contributed by atoms with Gasteiger partial charge in [-0.15, -0.1) is 0 Å². The number of carbonyl (C=O) groups is 1. The minimum absolute atomic E-state index is 0.00859. The Morgan fingerprint density at radius 3 is 2.46 bits per heavy atom. The predicted molar refractivity (Wildman–Crippen MR) is 108 cm³/mol. The van der Waals surface area contributed by atoms with Crippen molar-refractivity contribution in [1.82, 2.24) is 9.88 Å². The molecule has 0 aliphatic carbocycles. The molecule has 0 spiro atoms. The van der Waals surface area contributed by atoms with Crippen LogP contribution in [0.4, 0.5) is 5.82 Å². The Morgan fingerprint density at radius 2 is 1.79 bits per heavy atom. The molecule has 1 aliphatic heterocycles. The molecule has 6 nitrogen and oxygen atoms in total. The number of anilines is 1. The van der Waals surface area contributed by atoms with Gasteiger partial charge < -0.3 is 14.5 Å². The summed E-state index contributed by atoms with van der Waals surface area (Å²) in [5.41, 5.74) is 2.08. The molecule has 0 saturated carbocycles. The number of fused-ring (bicyclic) bond motifs is 1. The number of nitriles is 1. The molecule has 1 aromatic heterocycles. The maximum atomic E-state index is 12.7. The third kappa shape index (κ3) is 3.35. The Labute approximate surface area is 163 Å². The van der Waals surface area contributed by atoms with Crippen LogP contribution in [0.25, 0.3) is 10.9 Å². The van der Waals surface area contributed by atoms with Gasteiger partial charge >= 0.3 is 0 Å². The minimum atomic E-state index is 0.00859.